The van der Waals surface area contributed by atoms with Crippen LogP contribution in [0.15, 0.2) is 79.9 Å². The predicted molar refractivity (Wildman–Crippen MR) is 95.9 cm³/mol. The lowest BCUT2D eigenvalue weighted by molar-refractivity contribution is -0.384. The number of rotatable bonds is 7. The smallest absolute Gasteiger partial charge is 0.258 e. The normalized spacial score (nSPS) is 10.9. The maximum absolute atomic E-state index is 10.9. The van der Waals surface area contributed by atoms with Crippen molar-refractivity contribution in [1.82, 2.24) is 0 Å². The Balaban J connectivity index is 2.58. The summed E-state index contributed by atoms with van der Waals surface area (Å²) in [5.74, 6) is 0. The van der Waals surface area contributed by atoms with Gasteiger partial charge in [0.2, 0.25) is 0 Å². The molecule has 0 saturated heterocycles. The molecular weight excluding hydrogens is 293 g/mol. The first kappa shape index (κ1) is 16.1. The van der Waals surface area contributed by atoms with Crippen LogP contribution in [-0.4, -0.2) is 17.2 Å². The van der Waals surface area contributed by atoms with Crippen LogP contribution in [0.1, 0.15) is 0 Å². The molecule has 0 radical (unpaired) electrons. The third-order valence-electron chi connectivity index (χ3n) is 3.69. The van der Waals surface area contributed by atoms with Gasteiger partial charge in [-0.1, -0.05) is 43.5 Å². The highest BCUT2D eigenvalue weighted by atomic mass is 31.2. The molecular formula is C18H19NO2P+. The Morgan fingerprint density at radius 3 is 1.86 bits per heavy atom. The lowest BCUT2D eigenvalue weighted by Crippen LogP contribution is -2.26. The number of allylic oxidation sites excluding steroid dienone is 2. The summed E-state index contributed by atoms with van der Waals surface area (Å²) >= 11 is 0. The summed E-state index contributed by atoms with van der Waals surface area (Å²) in [6, 6.07) is 17.2. The molecule has 2 rings (SSSR count). The molecule has 22 heavy (non-hydrogen) atoms. The van der Waals surface area contributed by atoms with Crippen molar-refractivity contribution in [3.8, 4) is 0 Å². The monoisotopic (exact) mass is 312 g/mol. The average Bonchev–Trinajstić information content (AvgIpc) is 2.55. The van der Waals surface area contributed by atoms with Gasteiger partial charge in [-0.2, -0.15) is 0 Å². The lowest BCUT2D eigenvalue weighted by Gasteiger charge is -2.25. The van der Waals surface area contributed by atoms with Crippen molar-refractivity contribution < 1.29 is 4.92 Å². The van der Waals surface area contributed by atoms with Gasteiger partial charge in [0.15, 0.2) is 0 Å². The van der Waals surface area contributed by atoms with E-state index < -0.39 is 7.26 Å². The zero-order valence-corrected chi connectivity index (χ0v) is 13.3. The van der Waals surface area contributed by atoms with Crippen molar-refractivity contribution in [2.75, 3.05) is 12.3 Å². The van der Waals surface area contributed by atoms with Gasteiger partial charge >= 0.3 is 0 Å². The highest BCUT2D eigenvalue weighted by Crippen LogP contribution is 2.56. The highest BCUT2D eigenvalue weighted by Gasteiger charge is 2.40. The highest BCUT2D eigenvalue weighted by molar-refractivity contribution is 7.89. The van der Waals surface area contributed by atoms with Gasteiger partial charge in [0.05, 0.1) is 29.8 Å². The fourth-order valence-electron chi connectivity index (χ4n) is 2.66. The Labute approximate surface area is 131 Å². The van der Waals surface area contributed by atoms with Gasteiger partial charge in [-0.15, -0.1) is 0 Å². The van der Waals surface area contributed by atoms with Crippen LogP contribution in [0.4, 0.5) is 5.69 Å². The summed E-state index contributed by atoms with van der Waals surface area (Å²) in [5.41, 5.74) is 0.118. The molecule has 2 aromatic rings. The maximum Gasteiger partial charge on any atom is 0.269 e. The minimum Gasteiger partial charge on any atom is -0.258 e. The zero-order chi connectivity index (χ0) is 16.0. The van der Waals surface area contributed by atoms with Crippen molar-refractivity contribution in [3.63, 3.8) is 0 Å². The molecule has 0 saturated carbocycles. The summed E-state index contributed by atoms with van der Waals surface area (Å²) in [7, 11) is -1.71. The van der Waals surface area contributed by atoms with Crippen molar-refractivity contribution in [2.24, 2.45) is 0 Å². The summed E-state index contributed by atoms with van der Waals surface area (Å²) in [4.78, 5) is 10.5. The predicted octanol–water partition coefficient (Wildman–Crippen LogP) is 3.94. The molecule has 0 fully saturated rings. The van der Waals surface area contributed by atoms with Gasteiger partial charge in [0.25, 0.3) is 5.69 Å². The van der Waals surface area contributed by atoms with E-state index in [9.17, 15) is 10.1 Å². The Morgan fingerprint density at radius 2 is 1.41 bits per heavy atom. The van der Waals surface area contributed by atoms with Crippen molar-refractivity contribution in [2.45, 2.75) is 0 Å². The number of nitro groups is 1. The first-order chi connectivity index (χ1) is 10.6. The van der Waals surface area contributed by atoms with E-state index in [4.69, 9.17) is 0 Å². The fraction of sp³-hybridized carbons (Fsp3) is 0.111. The molecule has 0 aliphatic rings. The number of nitro benzene ring substituents is 1. The van der Waals surface area contributed by atoms with E-state index in [2.05, 4.69) is 25.3 Å². The van der Waals surface area contributed by atoms with Crippen LogP contribution in [0.5, 0.6) is 0 Å². The molecule has 0 spiro atoms. The number of benzene rings is 2. The molecule has 0 aliphatic carbocycles. The van der Waals surface area contributed by atoms with Crippen molar-refractivity contribution >= 4 is 23.6 Å². The van der Waals surface area contributed by atoms with Crippen LogP contribution in [0.25, 0.3) is 0 Å². The third kappa shape index (κ3) is 3.15. The van der Waals surface area contributed by atoms with Gasteiger partial charge in [0.1, 0.15) is 5.30 Å². The second-order valence-electron chi connectivity index (χ2n) is 5.02. The lowest BCUT2D eigenvalue weighted by atomic mass is 10.3. The second-order valence-corrected chi connectivity index (χ2v) is 8.72. The topological polar surface area (TPSA) is 43.1 Å². The van der Waals surface area contributed by atoms with Crippen LogP contribution in [-0.2, 0) is 0 Å². The van der Waals surface area contributed by atoms with E-state index in [0.717, 1.165) is 17.6 Å². The quantitative estimate of drug-likeness (QED) is 0.336. The second kappa shape index (κ2) is 7.15. The first-order valence-electron chi connectivity index (χ1n) is 7.03. The summed E-state index contributed by atoms with van der Waals surface area (Å²) < 4.78 is 0. The number of hydrogen-bond acceptors (Lipinski definition) is 2. The van der Waals surface area contributed by atoms with Gasteiger partial charge in [-0.25, -0.2) is 0 Å². The number of nitrogens with zero attached hydrogens (tertiary/aromatic N) is 1. The molecule has 4 heteroatoms. The third-order valence-corrected chi connectivity index (χ3v) is 8.02. The zero-order valence-electron chi connectivity index (χ0n) is 12.4. The van der Waals surface area contributed by atoms with Gasteiger partial charge < -0.3 is 0 Å². The van der Waals surface area contributed by atoms with E-state index in [1.165, 1.54) is 5.30 Å². The molecule has 0 N–H and O–H groups in total. The van der Waals surface area contributed by atoms with Crippen LogP contribution in [0.2, 0.25) is 0 Å². The number of non-ortho nitro benzene ring substituents is 1. The molecule has 0 unspecified atom stereocenters. The Hall–Kier alpha value is -2.25. The molecule has 0 bridgehead atoms. The summed E-state index contributed by atoms with van der Waals surface area (Å²) in [5, 5.41) is 13.3. The first-order valence-corrected chi connectivity index (χ1v) is 9.19. The Morgan fingerprint density at radius 1 is 0.909 bits per heavy atom. The molecule has 0 amide bonds. The summed E-state index contributed by atoms with van der Waals surface area (Å²) in [6.45, 7) is 7.82. The minimum absolute atomic E-state index is 0.118. The molecule has 0 aromatic heterocycles. The Bertz CT molecular complexity index is 655. The fourth-order valence-corrected chi connectivity index (χ4v) is 6.29. The number of hydrogen-bond donors (Lipinski definition) is 0. The van der Waals surface area contributed by atoms with Crippen LogP contribution in [0, 0.1) is 10.1 Å². The molecule has 2 aromatic carbocycles. The van der Waals surface area contributed by atoms with E-state index in [-0.39, 0.29) is 10.6 Å². The Kier molecular flexibility index (Phi) is 5.24. The SMILES string of the molecule is C=CC[P+](CC=C)(c1ccccc1)c1ccc([N+](=O)[O-])cc1. The van der Waals surface area contributed by atoms with E-state index >= 15 is 0 Å². The maximum atomic E-state index is 10.9. The van der Waals surface area contributed by atoms with Crippen LogP contribution < -0.4 is 10.6 Å². The van der Waals surface area contributed by atoms with Gasteiger partial charge in [0, 0.05) is 12.1 Å². The van der Waals surface area contributed by atoms with E-state index in [1.807, 2.05) is 42.5 Å². The largest absolute Gasteiger partial charge is 0.269 e. The van der Waals surface area contributed by atoms with E-state index in [0.29, 0.717) is 0 Å². The van der Waals surface area contributed by atoms with E-state index in [1.54, 1.807) is 12.1 Å². The molecule has 112 valence electrons. The molecule has 0 heterocycles. The van der Waals surface area contributed by atoms with Crippen molar-refractivity contribution in [3.05, 3.63) is 90.0 Å². The molecule has 3 nitrogen and oxygen atoms in total. The van der Waals surface area contributed by atoms with Crippen LogP contribution >= 0.6 is 7.26 Å². The van der Waals surface area contributed by atoms with Crippen LogP contribution in [0.3, 0.4) is 0 Å². The van der Waals surface area contributed by atoms with Gasteiger partial charge in [-0.3, -0.25) is 10.1 Å². The minimum atomic E-state index is -1.71. The molecule has 0 atom stereocenters. The average molecular weight is 312 g/mol. The summed E-state index contributed by atoms with van der Waals surface area (Å²) in [6.07, 6.45) is 5.57. The van der Waals surface area contributed by atoms with Crippen molar-refractivity contribution in [1.29, 1.82) is 0 Å². The van der Waals surface area contributed by atoms with Gasteiger partial charge in [-0.05, 0) is 24.3 Å². The molecule has 0 aliphatic heterocycles. The standard InChI is InChI=1S/C18H19NO2P/c1-3-14-22(15-4-2,17-8-6-5-7-9-17)18-12-10-16(11-13-18)19(20)21/h3-13H,1-2,14-15H2/q+1.